The summed E-state index contributed by atoms with van der Waals surface area (Å²) in [6.45, 7) is 0.183. The molecule has 0 aliphatic carbocycles. The zero-order valence-electron chi connectivity index (χ0n) is 10.3. The van der Waals surface area contributed by atoms with E-state index in [1.807, 2.05) is 11.4 Å². The maximum atomic E-state index is 11.9. The number of hydrogen-bond acceptors (Lipinski definition) is 5. The Morgan fingerprint density at radius 1 is 1.47 bits per heavy atom. The quantitative estimate of drug-likeness (QED) is 0.925. The van der Waals surface area contributed by atoms with Crippen molar-refractivity contribution in [3.05, 3.63) is 41.4 Å². The molecule has 96 valence electrons. The smallest absolute Gasteiger partial charge is 0.247 e. The SMILES string of the molecule is CN(C(=O)CNc1ccc(C#N)cc1)c1nccs1. The van der Waals surface area contributed by atoms with Gasteiger partial charge in [-0.2, -0.15) is 5.26 Å². The minimum atomic E-state index is -0.0701. The van der Waals surface area contributed by atoms with Crippen LogP contribution in [-0.4, -0.2) is 24.5 Å². The van der Waals surface area contributed by atoms with Crippen molar-refractivity contribution in [2.45, 2.75) is 0 Å². The maximum Gasteiger partial charge on any atom is 0.247 e. The molecule has 0 bridgehead atoms. The van der Waals surface area contributed by atoms with E-state index < -0.39 is 0 Å². The maximum absolute atomic E-state index is 11.9. The molecule has 1 aromatic heterocycles. The molecule has 2 aromatic rings. The summed E-state index contributed by atoms with van der Waals surface area (Å²) >= 11 is 1.42. The lowest BCUT2D eigenvalue weighted by Crippen LogP contribution is -2.31. The molecular formula is C13H12N4OS. The van der Waals surface area contributed by atoms with Gasteiger partial charge in [0.15, 0.2) is 5.13 Å². The molecule has 2 rings (SSSR count). The van der Waals surface area contributed by atoms with Crippen molar-refractivity contribution in [2.24, 2.45) is 0 Å². The molecule has 0 unspecified atom stereocenters. The van der Waals surface area contributed by atoms with Gasteiger partial charge in [-0.25, -0.2) is 4.98 Å². The van der Waals surface area contributed by atoms with Crippen LogP contribution in [0.2, 0.25) is 0 Å². The number of hydrogen-bond donors (Lipinski definition) is 1. The van der Waals surface area contributed by atoms with Gasteiger partial charge in [0.1, 0.15) is 0 Å². The molecule has 0 saturated carbocycles. The van der Waals surface area contributed by atoms with Crippen molar-refractivity contribution in [2.75, 3.05) is 23.8 Å². The molecule has 1 amide bonds. The van der Waals surface area contributed by atoms with Gasteiger partial charge in [0, 0.05) is 24.3 Å². The molecule has 5 nitrogen and oxygen atoms in total. The second-order valence-electron chi connectivity index (χ2n) is 3.81. The third-order valence-electron chi connectivity index (χ3n) is 2.54. The molecule has 0 aliphatic rings. The van der Waals surface area contributed by atoms with Gasteiger partial charge in [-0.1, -0.05) is 0 Å². The summed E-state index contributed by atoms with van der Waals surface area (Å²) in [5.74, 6) is -0.0701. The largest absolute Gasteiger partial charge is 0.376 e. The Balaban J connectivity index is 1.91. The first-order valence-electron chi connectivity index (χ1n) is 5.61. The molecule has 0 radical (unpaired) electrons. The van der Waals surface area contributed by atoms with Crippen LogP contribution in [0.1, 0.15) is 5.56 Å². The number of likely N-dealkylation sites (N-methyl/N-ethyl adjacent to an activating group) is 1. The van der Waals surface area contributed by atoms with E-state index in [1.165, 1.54) is 16.2 Å². The normalized spacial score (nSPS) is 9.68. The number of nitrogens with one attached hydrogen (secondary N) is 1. The first kappa shape index (κ1) is 13.1. The molecule has 1 N–H and O–H groups in total. The number of benzene rings is 1. The van der Waals surface area contributed by atoms with Crippen LogP contribution in [0.25, 0.3) is 0 Å². The van der Waals surface area contributed by atoms with E-state index in [2.05, 4.69) is 10.3 Å². The highest BCUT2D eigenvalue weighted by Crippen LogP contribution is 2.15. The summed E-state index contributed by atoms with van der Waals surface area (Å²) in [5, 5.41) is 14.2. The minimum absolute atomic E-state index is 0.0701. The van der Waals surface area contributed by atoms with Crippen LogP contribution in [0.5, 0.6) is 0 Å². The van der Waals surface area contributed by atoms with Crippen LogP contribution in [0.4, 0.5) is 10.8 Å². The summed E-state index contributed by atoms with van der Waals surface area (Å²) < 4.78 is 0. The third kappa shape index (κ3) is 3.30. The molecule has 6 heteroatoms. The van der Waals surface area contributed by atoms with Crippen molar-refractivity contribution in [1.82, 2.24) is 4.98 Å². The lowest BCUT2D eigenvalue weighted by Gasteiger charge is -2.14. The first-order valence-corrected chi connectivity index (χ1v) is 6.49. The number of nitriles is 1. The number of aromatic nitrogens is 1. The molecule has 0 aliphatic heterocycles. The third-order valence-corrected chi connectivity index (χ3v) is 3.39. The predicted molar refractivity (Wildman–Crippen MR) is 75.2 cm³/mol. The van der Waals surface area contributed by atoms with E-state index >= 15 is 0 Å². The number of nitrogens with zero attached hydrogens (tertiary/aromatic N) is 3. The highest BCUT2D eigenvalue weighted by atomic mass is 32.1. The fraction of sp³-hybridized carbons (Fsp3) is 0.154. The molecule has 0 spiro atoms. The summed E-state index contributed by atoms with van der Waals surface area (Å²) in [7, 11) is 1.70. The number of thiazole rings is 1. The Bertz CT molecular complexity index is 586. The highest BCUT2D eigenvalue weighted by molar-refractivity contribution is 7.13. The topological polar surface area (TPSA) is 69.0 Å². The van der Waals surface area contributed by atoms with Crippen LogP contribution in [0.3, 0.4) is 0 Å². The van der Waals surface area contributed by atoms with Crippen molar-refractivity contribution in [3.8, 4) is 6.07 Å². The Labute approximate surface area is 115 Å². The zero-order valence-corrected chi connectivity index (χ0v) is 11.1. The monoisotopic (exact) mass is 272 g/mol. The van der Waals surface area contributed by atoms with Gasteiger partial charge in [-0.15, -0.1) is 11.3 Å². The van der Waals surface area contributed by atoms with E-state index in [4.69, 9.17) is 5.26 Å². The number of amides is 1. The lowest BCUT2D eigenvalue weighted by molar-refractivity contribution is -0.116. The van der Waals surface area contributed by atoms with Gasteiger partial charge in [-0.3, -0.25) is 9.69 Å². The fourth-order valence-electron chi connectivity index (χ4n) is 1.45. The van der Waals surface area contributed by atoms with Crippen LogP contribution in [0, 0.1) is 11.3 Å². The molecule has 0 atom stereocenters. The van der Waals surface area contributed by atoms with Crippen LogP contribution >= 0.6 is 11.3 Å². The van der Waals surface area contributed by atoms with E-state index in [0.717, 1.165) is 5.69 Å². The second-order valence-corrected chi connectivity index (χ2v) is 4.68. The zero-order chi connectivity index (χ0) is 13.7. The molecule has 19 heavy (non-hydrogen) atoms. The standard InChI is InChI=1S/C13H12N4OS/c1-17(13-15-6-7-19-13)12(18)9-16-11-4-2-10(8-14)3-5-11/h2-7,16H,9H2,1H3. The average molecular weight is 272 g/mol. The van der Waals surface area contributed by atoms with Gasteiger partial charge in [0.25, 0.3) is 0 Å². The van der Waals surface area contributed by atoms with E-state index in [9.17, 15) is 4.79 Å². The van der Waals surface area contributed by atoms with E-state index in [0.29, 0.717) is 10.7 Å². The predicted octanol–water partition coefficient (Wildman–Crippen LogP) is 2.09. The Kier molecular flexibility index (Phi) is 4.11. The van der Waals surface area contributed by atoms with Crippen molar-refractivity contribution in [1.29, 1.82) is 5.26 Å². The summed E-state index contributed by atoms with van der Waals surface area (Å²) in [6.07, 6.45) is 1.66. The molecule has 1 heterocycles. The van der Waals surface area contributed by atoms with Gasteiger partial charge in [-0.05, 0) is 24.3 Å². The van der Waals surface area contributed by atoms with E-state index in [1.54, 1.807) is 37.5 Å². The number of carbonyl (C=O) groups is 1. The second kappa shape index (κ2) is 5.98. The van der Waals surface area contributed by atoms with Gasteiger partial charge in [0.2, 0.25) is 5.91 Å². The lowest BCUT2D eigenvalue weighted by atomic mass is 10.2. The molecule has 0 fully saturated rings. The van der Waals surface area contributed by atoms with Gasteiger partial charge >= 0.3 is 0 Å². The Morgan fingerprint density at radius 3 is 2.79 bits per heavy atom. The number of carbonyl (C=O) groups excluding carboxylic acids is 1. The Morgan fingerprint density at radius 2 is 2.21 bits per heavy atom. The fourth-order valence-corrected chi connectivity index (χ4v) is 2.07. The first-order chi connectivity index (χ1) is 9.20. The van der Waals surface area contributed by atoms with Crippen LogP contribution in [-0.2, 0) is 4.79 Å². The van der Waals surface area contributed by atoms with Gasteiger partial charge < -0.3 is 5.32 Å². The Hall–Kier alpha value is -2.39. The number of rotatable bonds is 4. The average Bonchev–Trinajstić information content (AvgIpc) is 2.98. The van der Waals surface area contributed by atoms with Crippen molar-refractivity contribution >= 4 is 28.1 Å². The van der Waals surface area contributed by atoms with Crippen molar-refractivity contribution < 1.29 is 4.79 Å². The molecule has 0 saturated heterocycles. The summed E-state index contributed by atoms with van der Waals surface area (Å²) in [6, 6.07) is 9.00. The number of anilines is 2. The van der Waals surface area contributed by atoms with Crippen molar-refractivity contribution in [3.63, 3.8) is 0 Å². The molecule has 1 aromatic carbocycles. The highest BCUT2D eigenvalue weighted by Gasteiger charge is 2.12. The van der Waals surface area contributed by atoms with Crippen LogP contribution < -0.4 is 10.2 Å². The minimum Gasteiger partial charge on any atom is -0.376 e. The summed E-state index contributed by atoms with van der Waals surface area (Å²) in [5.41, 5.74) is 1.40. The van der Waals surface area contributed by atoms with Crippen LogP contribution in [0.15, 0.2) is 35.8 Å². The van der Waals surface area contributed by atoms with Gasteiger partial charge in [0.05, 0.1) is 18.2 Å². The summed E-state index contributed by atoms with van der Waals surface area (Å²) in [4.78, 5) is 17.5. The molecular weight excluding hydrogens is 260 g/mol. The van der Waals surface area contributed by atoms with E-state index in [-0.39, 0.29) is 12.5 Å².